The van der Waals surface area contributed by atoms with Gasteiger partial charge >= 0.3 is 35.8 Å². The molecule has 43 heavy (non-hydrogen) atoms. The van der Waals surface area contributed by atoms with E-state index in [0.29, 0.717) is 0 Å². The summed E-state index contributed by atoms with van der Waals surface area (Å²) in [7, 11) is 0. The van der Waals surface area contributed by atoms with Gasteiger partial charge in [0.1, 0.15) is 0 Å². The molecule has 12 heteroatoms. The maximum atomic E-state index is 12.8. The molecule has 4 aromatic rings. The van der Waals surface area contributed by atoms with Crippen molar-refractivity contribution in [2.45, 2.75) is 6.92 Å². The first-order valence-electron chi connectivity index (χ1n) is 12.2. The molecule has 4 aromatic carbocycles. The summed E-state index contributed by atoms with van der Waals surface area (Å²) < 4.78 is 0. The molecule has 0 saturated carbocycles. The molecule has 0 spiro atoms. The maximum absolute atomic E-state index is 12.8. The Morgan fingerprint density at radius 1 is 0.442 bits per heavy atom. The second-order valence-electron chi connectivity index (χ2n) is 9.25. The molecule has 0 unspecified atom stereocenters. The zero-order valence-electron chi connectivity index (χ0n) is 22.0. The molecule has 0 aliphatic rings. The molecule has 0 atom stereocenters. The molecule has 4 rings (SSSR count). The lowest BCUT2D eigenvalue weighted by atomic mass is 9.78. The van der Waals surface area contributed by atoms with Crippen LogP contribution in [0.15, 0.2) is 66.7 Å². The van der Waals surface area contributed by atoms with E-state index in [1.54, 1.807) is 19.1 Å². The first kappa shape index (κ1) is 29.7. The number of aromatic carboxylic acids is 6. The van der Waals surface area contributed by atoms with E-state index in [0.717, 1.165) is 35.9 Å². The number of carbonyl (C=O) groups is 6. The molecule has 0 fully saturated rings. The van der Waals surface area contributed by atoms with E-state index in [1.807, 2.05) is 0 Å². The van der Waals surface area contributed by atoms with Gasteiger partial charge in [-0.1, -0.05) is 54.1 Å². The van der Waals surface area contributed by atoms with Crippen LogP contribution in [0.1, 0.15) is 67.7 Å². The molecule has 12 nitrogen and oxygen atoms in total. The van der Waals surface area contributed by atoms with Crippen molar-refractivity contribution in [3.63, 3.8) is 0 Å². The average molecular weight is 584 g/mol. The predicted octanol–water partition coefficient (Wildman–Crippen LogP) is 5.19. The Balaban J connectivity index is 2.45. The molecule has 0 heterocycles. The van der Waals surface area contributed by atoms with Crippen LogP contribution in [-0.2, 0) is 0 Å². The van der Waals surface area contributed by atoms with E-state index in [4.69, 9.17) is 0 Å². The quantitative estimate of drug-likeness (QED) is 0.150. The van der Waals surface area contributed by atoms with Crippen LogP contribution in [0.25, 0.3) is 33.4 Å². The van der Waals surface area contributed by atoms with Gasteiger partial charge in [0, 0.05) is 5.56 Å². The van der Waals surface area contributed by atoms with Crippen LogP contribution in [0, 0.1) is 6.92 Å². The van der Waals surface area contributed by atoms with Gasteiger partial charge in [0.2, 0.25) is 0 Å². The number of hydrogen-bond acceptors (Lipinski definition) is 6. The zero-order chi connectivity index (χ0) is 31.7. The zero-order valence-corrected chi connectivity index (χ0v) is 22.0. The highest BCUT2D eigenvalue weighted by Gasteiger charge is 2.34. The summed E-state index contributed by atoms with van der Waals surface area (Å²) in [6.45, 7) is 1.75. The van der Waals surface area contributed by atoms with E-state index in [2.05, 4.69) is 0 Å². The lowest BCUT2D eigenvalue weighted by molar-refractivity contribution is 0.0650. The minimum Gasteiger partial charge on any atom is -0.478 e. The van der Waals surface area contributed by atoms with Crippen molar-refractivity contribution in [3.8, 4) is 33.4 Å². The van der Waals surface area contributed by atoms with Gasteiger partial charge in [-0.15, -0.1) is 0 Å². The number of hydrogen-bond donors (Lipinski definition) is 6. The monoisotopic (exact) mass is 584 g/mol. The van der Waals surface area contributed by atoms with Crippen LogP contribution in [-0.4, -0.2) is 66.5 Å². The third-order valence-corrected chi connectivity index (χ3v) is 6.69. The minimum atomic E-state index is -1.85. The van der Waals surface area contributed by atoms with Gasteiger partial charge in [-0.2, -0.15) is 0 Å². The second-order valence-corrected chi connectivity index (χ2v) is 9.25. The Hall–Kier alpha value is -6.30. The smallest absolute Gasteiger partial charge is 0.337 e. The largest absolute Gasteiger partial charge is 0.478 e. The average Bonchev–Trinajstić information content (AvgIpc) is 2.95. The fourth-order valence-electron chi connectivity index (χ4n) is 4.92. The maximum Gasteiger partial charge on any atom is 0.337 e. The summed E-state index contributed by atoms with van der Waals surface area (Å²) in [6.07, 6.45) is 0. The number of aryl methyl sites for hydroxylation is 1. The Morgan fingerprint density at radius 3 is 1.26 bits per heavy atom. The van der Waals surface area contributed by atoms with Gasteiger partial charge < -0.3 is 30.6 Å². The summed E-state index contributed by atoms with van der Waals surface area (Å²) in [5.74, 6) is -10.5. The van der Waals surface area contributed by atoms with Crippen molar-refractivity contribution in [3.05, 3.63) is 106 Å². The number of rotatable bonds is 9. The Bertz CT molecular complexity index is 1880. The van der Waals surface area contributed by atoms with Crippen molar-refractivity contribution in [2.24, 2.45) is 0 Å². The predicted molar refractivity (Wildman–Crippen MR) is 149 cm³/mol. The number of benzene rings is 4. The highest BCUT2D eigenvalue weighted by atomic mass is 16.4. The van der Waals surface area contributed by atoms with Crippen LogP contribution in [0.2, 0.25) is 0 Å². The topological polar surface area (TPSA) is 224 Å². The van der Waals surface area contributed by atoms with Gasteiger partial charge in [0.25, 0.3) is 0 Å². The van der Waals surface area contributed by atoms with Crippen molar-refractivity contribution in [2.75, 3.05) is 0 Å². The molecule has 0 aliphatic heterocycles. The van der Waals surface area contributed by atoms with Gasteiger partial charge in [0.15, 0.2) is 0 Å². The summed E-state index contributed by atoms with van der Waals surface area (Å²) in [5, 5.41) is 60.2. The SMILES string of the molecule is Cc1ccc(-c2cc(C(=O)O)c(C(=O)O)c(-c3cccc(C(=O)O)c3C(=O)O)c2-c2cccc(C(=O)O)c2C(=O)O)cc1. The van der Waals surface area contributed by atoms with Crippen molar-refractivity contribution in [1.82, 2.24) is 0 Å². The number of carboxylic acids is 6. The molecule has 6 N–H and O–H groups in total. The third-order valence-electron chi connectivity index (χ3n) is 6.69. The van der Waals surface area contributed by atoms with E-state index in [1.165, 1.54) is 24.3 Å². The molecule has 0 radical (unpaired) electrons. The minimum absolute atomic E-state index is 0.0838. The van der Waals surface area contributed by atoms with Crippen LogP contribution in [0.3, 0.4) is 0 Å². The molecule has 0 amide bonds. The van der Waals surface area contributed by atoms with Crippen molar-refractivity contribution < 1.29 is 59.4 Å². The van der Waals surface area contributed by atoms with Gasteiger partial charge in [-0.05, 0) is 52.9 Å². The highest BCUT2D eigenvalue weighted by molar-refractivity contribution is 6.18. The molecule has 0 aliphatic carbocycles. The Labute approximate surface area is 241 Å². The Kier molecular flexibility index (Phi) is 7.79. The normalized spacial score (nSPS) is 10.6. The molecule has 216 valence electrons. The summed E-state index contributed by atoms with van der Waals surface area (Å²) >= 11 is 0. The van der Waals surface area contributed by atoms with E-state index >= 15 is 0 Å². The first-order valence-corrected chi connectivity index (χ1v) is 12.2. The van der Waals surface area contributed by atoms with Gasteiger partial charge in [-0.3, -0.25) is 0 Å². The summed E-state index contributed by atoms with van der Waals surface area (Å²) in [4.78, 5) is 74.3. The van der Waals surface area contributed by atoms with Crippen LogP contribution in [0.4, 0.5) is 0 Å². The molecular weight excluding hydrogens is 564 g/mol. The molecular formula is C31H20O12. The fourth-order valence-corrected chi connectivity index (χ4v) is 4.92. The van der Waals surface area contributed by atoms with Crippen molar-refractivity contribution >= 4 is 35.8 Å². The van der Waals surface area contributed by atoms with Crippen molar-refractivity contribution in [1.29, 1.82) is 0 Å². The van der Waals surface area contributed by atoms with E-state index in [-0.39, 0.29) is 22.3 Å². The fraction of sp³-hybridized carbons (Fsp3) is 0.0323. The highest BCUT2D eigenvalue weighted by Crippen LogP contribution is 2.47. The van der Waals surface area contributed by atoms with E-state index < -0.39 is 80.3 Å². The molecule has 0 saturated heterocycles. The van der Waals surface area contributed by atoms with E-state index in [9.17, 15) is 59.4 Å². The Morgan fingerprint density at radius 2 is 0.860 bits per heavy atom. The van der Waals surface area contributed by atoms with Gasteiger partial charge in [0.05, 0.1) is 33.4 Å². The van der Waals surface area contributed by atoms with Crippen LogP contribution >= 0.6 is 0 Å². The molecule has 0 bridgehead atoms. The number of carboxylic acid groups (broad SMARTS) is 6. The lowest BCUT2D eigenvalue weighted by Gasteiger charge is -2.23. The van der Waals surface area contributed by atoms with Gasteiger partial charge in [-0.25, -0.2) is 28.8 Å². The van der Waals surface area contributed by atoms with Crippen LogP contribution < -0.4 is 0 Å². The third kappa shape index (κ3) is 5.27. The lowest BCUT2D eigenvalue weighted by Crippen LogP contribution is -2.16. The second kappa shape index (κ2) is 11.3. The summed E-state index contributed by atoms with van der Waals surface area (Å²) in [6, 6.07) is 13.8. The molecule has 0 aromatic heterocycles. The van der Waals surface area contributed by atoms with Crippen LogP contribution in [0.5, 0.6) is 0 Å². The summed E-state index contributed by atoms with van der Waals surface area (Å²) in [5.41, 5.74) is -5.90. The first-order chi connectivity index (χ1) is 20.3. The standard InChI is InChI=1S/C31H20O12/c1-13-8-10-14(11-9-13)19-12-20(28(36)37)25(31(42)43)24(16-5-3-7-18(27(34)35)23(16)30(40)41)21(19)15-4-2-6-17(26(32)33)22(15)29(38)39/h2-12H,1H3,(H,32,33)(H,34,35)(H,36,37)(H,38,39)(H,40,41)(H,42,43).